The Bertz CT molecular complexity index is 633. The molecule has 0 spiro atoms. The fourth-order valence-electron chi connectivity index (χ4n) is 3.24. The minimum Gasteiger partial charge on any atom is -0.309 e. The summed E-state index contributed by atoms with van der Waals surface area (Å²) in [5.74, 6) is -0.156. The molecular formula is C17H22FN3. The van der Waals surface area contributed by atoms with Crippen molar-refractivity contribution < 1.29 is 4.39 Å². The van der Waals surface area contributed by atoms with Gasteiger partial charge in [0.25, 0.3) is 0 Å². The van der Waals surface area contributed by atoms with Gasteiger partial charge in [-0.25, -0.2) is 4.39 Å². The lowest BCUT2D eigenvalue weighted by Crippen LogP contribution is -2.27. The molecule has 0 saturated carbocycles. The third-order valence-corrected chi connectivity index (χ3v) is 4.47. The molecule has 0 saturated heterocycles. The molecule has 0 bridgehead atoms. The van der Waals surface area contributed by atoms with E-state index in [2.05, 4.69) is 10.4 Å². The van der Waals surface area contributed by atoms with E-state index in [1.54, 1.807) is 12.1 Å². The van der Waals surface area contributed by atoms with Gasteiger partial charge in [-0.05, 0) is 62.4 Å². The van der Waals surface area contributed by atoms with Gasteiger partial charge in [0.2, 0.25) is 0 Å². The van der Waals surface area contributed by atoms with Gasteiger partial charge in [-0.3, -0.25) is 4.68 Å². The number of rotatable bonds is 4. The minimum atomic E-state index is -0.156. The molecule has 1 N–H and O–H groups in total. The Morgan fingerprint density at radius 1 is 1.43 bits per heavy atom. The van der Waals surface area contributed by atoms with E-state index in [1.807, 2.05) is 30.9 Å². The SMILES string of the molecule is Cc1cc(F)ccc1CCNC1CCCc2c1cnn2C. The summed E-state index contributed by atoms with van der Waals surface area (Å²) in [6.45, 7) is 2.88. The van der Waals surface area contributed by atoms with Crippen LogP contribution in [-0.4, -0.2) is 16.3 Å². The van der Waals surface area contributed by atoms with Crippen LogP contribution in [0.5, 0.6) is 0 Å². The Morgan fingerprint density at radius 2 is 2.29 bits per heavy atom. The Hall–Kier alpha value is -1.68. The first kappa shape index (κ1) is 14.3. The number of nitrogens with zero attached hydrogens (tertiary/aromatic N) is 2. The number of hydrogen-bond donors (Lipinski definition) is 1. The maximum atomic E-state index is 13.1. The van der Waals surface area contributed by atoms with E-state index in [4.69, 9.17) is 0 Å². The molecule has 1 heterocycles. The second kappa shape index (κ2) is 5.98. The van der Waals surface area contributed by atoms with Crippen molar-refractivity contribution in [3.63, 3.8) is 0 Å². The lowest BCUT2D eigenvalue weighted by molar-refractivity contribution is 0.455. The molecule has 0 radical (unpaired) electrons. The van der Waals surface area contributed by atoms with Crippen molar-refractivity contribution in [1.29, 1.82) is 0 Å². The van der Waals surface area contributed by atoms with E-state index in [1.165, 1.54) is 29.7 Å². The highest BCUT2D eigenvalue weighted by molar-refractivity contribution is 5.27. The molecule has 0 fully saturated rings. The molecule has 112 valence electrons. The Kier molecular flexibility index (Phi) is 4.06. The zero-order valence-corrected chi connectivity index (χ0v) is 12.7. The Morgan fingerprint density at radius 3 is 3.10 bits per heavy atom. The lowest BCUT2D eigenvalue weighted by atomic mass is 9.93. The number of halogens is 1. The Balaban J connectivity index is 1.61. The van der Waals surface area contributed by atoms with Gasteiger partial charge in [-0.1, -0.05) is 6.07 Å². The molecule has 21 heavy (non-hydrogen) atoms. The van der Waals surface area contributed by atoms with Crippen LogP contribution in [0.25, 0.3) is 0 Å². The highest BCUT2D eigenvalue weighted by Gasteiger charge is 2.22. The van der Waals surface area contributed by atoms with Crippen LogP contribution in [0.1, 0.15) is 41.3 Å². The van der Waals surface area contributed by atoms with Crippen molar-refractivity contribution in [1.82, 2.24) is 15.1 Å². The number of benzene rings is 1. The van der Waals surface area contributed by atoms with E-state index >= 15 is 0 Å². The first-order chi connectivity index (χ1) is 10.1. The van der Waals surface area contributed by atoms with Crippen LogP contribution in [-0.2, 0) is 19.9 Å². The summed E-state index contributed by atoms with van der Waals surface area (Å²) in [5, 5.41) is 8.01. The van der Waals surface area contributed by atoms with Crippen LogP contribution in [0.4, 0.5) is 4.39 Å². The van der Waals surface area contributed by atoms with Gasteiger partial charge >= 0.3 is 0 Å². The molecule has 1 aliphatic carbocycles. The van der Waals surface area contributed by atoms with Crippen molar-refractivity contribution >= 4 is 0 Å². The number of hydrogen-bond acceptors (Lipinski definition) is 2. The maximum absolute atomic E-state index is 13.1. The molecule has 3 nitrogen and oxygen atoms in total. The van der Waals surface area contributed by atoms with Crippen molar-refractivity contribution in [3.8, 4) is 0 Å². The van der Waals surface area contributed by atoms with Crippen molar-refractivity contribution in [2.45, 2.75) is 38.6 Å². The predicted molar refractivity (Wildman–Crippen MR) is 81.7 cm³/mol. The van der Waals surface area contributed by atoms with Gasteiger partial charge < -0.3 is 5.32 Å². The smallest absolute Gasteiger partial charge is 0.123 e. The monoisotopic (exact) mass is 287 g/mol. The number of aromatic nitrogens is 2. The fourth-order valence-corrected chi connectivity index (χ4v) is 3.24. The summed E-state index contributed by atoms with van der Waals surface area (Å²) in [5.41, 5.74) is 4.95. The lowest BCUT2D eigenvalue weighted by Gasteiger charge is -2.24. The highest BCUT2D eigenvalue weighted by Crippen LogP contribution is 2.29. The zero-order valence-electron chi connectivity index (χ0n) is 12.7. The topological polar surface area (TPSA) is 29.9 Å². The van der Waals surface area contributed by atoms with E-state index in [0.717, 1.165) is 24.9 Å². The van der Waals surface area contributed by atoms with E-state index in [0.29, 0.717) is 6.04 Å². The molecule has 1 aromatic heterocycles. The van der Waals surface area contributed by atoms with Gasteiger partial charge in [-0.2, -0.15) is 5.10 Å². The van der Waals surface area contributed by atoms with Gasteiger partial charge in [-0.15, -0.1) is 0 Å². The zero-order chi connectivity index (χ0) is 14.8. The van der Waals surface area contributed by atoms with Crippen LogP contribution < -0.4 is 5.32 Å². The van der Waals surface area contributed by atoms with Gasteiger partial charge in [0.05, 0.1) is 6.20 Å². The molecule has 1 atom stereocenters. The summed E-state index contributed by atoms with van der Waals surface area (Å²) in [7, 11) is 2.02. The molecule has 1 aliphatic rings. The van der Waals surface area contributed by atoms with Crippen LogP contribution in [0.3, 0.4) is 0 Å². The molecule has 1 unspecified atom stereocenters. The molecular weight excluding hydrogens is 265 g/mol. The van der Waals surface area contributed by atoms with Gasteiger partial charge in [0.1, 0.15) is 5.82 Å². The summed E-state index contributed by atoms with van der Waals surface area (Å²) >= 11 is 0. The van der Waals surface area contributed by atoms with Crippen molar-refractivity contribution in [3.05, 3.63) is 52.6 Å². The van der Waals surface area contributed by atoms with Crippen molar-refractivity contribution in [2.75, 3.05) is 6.54 Å². The summed E-state index contributed by atoms with van der Waals surface area (Å²) in [4.78, 5) is 0. The third kappa shape index (κ3) is 3.00. The largest absolute Gasteiger partial charge is 0.309 e. The molecule has 3 rings (SSSR count). The van der Waals surface area contributed by atoms with Gasteiger partial charge in [0, 0.05) is 24.3 Å². The molecule has 4 heteroatoms. The first-order valence-corrected chi connectivity index (χ1v) is 7.64. The van der Waals surface area contributed by atoms with Crippen molar-refractivity contribution in [2.24, 2.45) is 7.05 Å². The van der Waals surface area contributed by atoms with Crippen LogP contribution in [0, 0.1) is 12.7 Å². The standard InChI is InChI=1S/C17H22FN3/c1-12-10-14(18)7-6-13(12)8-9-19-16-4-3-5-17-15(16)11-20-21(17)2/h6-7,10-11,16,19H,3-5,8-9H2,1-2H3. The average Bonchev–Trinajstić information content (AvgIpc) is 2.84. The number of nitrogens with one attached hydrogen (secondary N) is 1. The second-order valence-corrected chi connectivity index (χ2v) is 5.89. The molecule has 2 aromatic rings. The number of aryl methyl sites for hydroxylation is 2. The van der Waals surface area contributed by atoms with E-state index < -0.39 is 0 Å². The third-order valence-electron chi connectivity index (χ3n) is 4.47. The summed E-state index contributed by atoms with van der Waals surface area (Å²) in [6.07, 6.45) is 6.43. The Labute approximate surface area is 125 Å². The fraction of sp³-hybridized carbons (Fsp3) is 0.471. The van der Waals surface area contributed by atoms with Crippen LogP contribution in [0.2, 0.25) is 0 Å². The maximum Gasteiger partial charge on any atom is 0.123 e. The average molecular weight is 287 g/mol. The predicted octanol–water partition coefficient (Wildman–Crippen LogP) is 3.08. The normalized spacial score (nSPS) is 17.8. The quantitative estimate of drug-likeness (QED) is 0.936. The van der Waals surface area contributed by atoms with E-state index in [-0.39, 0.29) is 5.82 Å². The minimum absolute atomic E-state index is 0.156. The summed E-state index contributed by atoms with van der Waals surface area (Å²) in [6, 6.07) is 5.45. The molecule has 0 aliphatic heterocycles. The number of fused-ring (bicyclic) bond motifs is 1. The first-order valence-electron chi connectivity index (χ1n) is 7.64. The summed E-state index contributed by atoms with van der Waals surface area (Å²) < 4.78 is 15.1. The van der Waals surface area contributed by atoms with E-state index in [9.17, 15) is 4.39 Å². The highest BCUT2D eigenvalue weighted by atomic mass is 19.1. The molecule has 0 amide bonds. The van der Waals surface area contributed by atoms with Gasteiger partial charge in [0.15, 0.2) is 0 Å². The van der Waals surface area contributed by atoms with Crippen LogP contribution >= 0.6 is 0 Å². The van der Waals surface area contributed by atoms with Crippen LogP contribution in [0.15, 0.2) is 24.4 Å². The molecule has 1 aromatic carbocycles. The second-order valence-electron chi connectivity index (χ2n) is 5.89.